The molecular weight excluding hydrogens is 458 g/mol. The monoisotopic (exact) mass is 491 g/mol. The van der Waals surface area contributed by atoms with Crippen LogP contribution in [0.5, 0.6) is 11.5 Å². The number of hydrogen-bond donors (Lipinski definition) is 0. The standard InChI is InChI=1S/C28H33N3O5/c1-35-22-10-8-20(9-11-22)28(18-26(33)31(27(28)34)21-5-2-3-6-21)17-25(32)30-15-12-23(13-16-30)36-24-7-4-14-29-19-24/h4,7-11,14,19,21,23H,2-3,5-6,12-13,15-18H2,1H3/t28-/m0/s1. The van der Waals surface area contributed by atoms with E-state index in [0.29, 0.717) is 37.2 Å². The van der Waals surface area contributed by atoms with Crippen LogP contribution in [0.1, 0.15) is 56.9 Å². The van der Waals surface area contributed by atoms with Crippen LogP contribution in [0.15, 0.2) is 48.8 Å². The van der Waals surface area contributed by atoms with E-state index in [-0.39, 0.29) is 42.7 Å². The van der Waals surface area contributed by atoms with Crippen LogP contribution in [-0.2, 0) is 19.8 Å². The highest BCUT2D eigenvalue weighted by atomic mass is 16.5. The van der Waals surface area contributed by atoms with Crippen molar-refractivity contribution in [3.8, 4) is 11.5 Å². The lowest BCUT2D eigenvalue weighted by molar-refractivity contribution is -0.145. The Morgan fingerprint density at radius 2 is 1.75 bits per heavy atom. The summed E-state index contributed by atoms with van der Waals surface area (Å²) in [5.41, 5.74) is -0.475. The van der Waals surface area contributed by atoms with Gasteiger partial charge in [0.2, 0.25) is 17.7 Å². The molecule has 36 heavy (non-hydrogen) atoms. The zero-order valence-corrected chi connectivity index (χ0v) is 20.7. The Labute approximate surface area is 211 Å². The second-order valence-corrected chi connectivity index (χ2v) is 10.1. The lowest BCUT2D eigenvalue weighted by atomic mass is 9.75. The number of benzene rings is 1. The minimum absolute atomic E-state index is 0.0126. The molecule has 2 aromatic rings. The lowest BCUT2D eigenvalue weighted by Gasteiger charge is -2.35. The largest absolute Gasteiger partial charge is 0.497 e. The van der Waals surface area contributed by atoms with Crippen molar-refractivity contribution in [2.24, 2.45) is 0 Å². The van der Waals surface area contributed by atoms with Gasteiger partial charge in [-0.25, -0.2) is 0 Å². The molecule has 3 aliphatic rings. The number of likely N-dealkylation sites (tertiary alicyclic amines) is 2. The number of carbonyl (C=O) groups excluding carboxylic acids is 3. The molecule has 1 atom stereocenters. The summed E-state index contributed by atoms with van der Waals surface area (Å²) in [5.74, 6) is 0.898. The van der Waals surface area contributed by atoms with Crippen molar-refractivity contribution >= 4 is 17.7 Å². The van der Waals surface area contributed by atoms with Crippen molar-refractivity contribution in [3.63, 3.8) is 0 Å². The fourth-order valence-corrected chi connectivity index (χ4v) is 5.87. The zero-order valence-electron chi connectivity index (χ0n) is 20.7. The van der Waals surface area contributed by atoms with Gasteiger partial charge in [0, 0.05) is 51.0 Å². The molecule has 0 N–H and O–H groups in total. The van der Waals surface area contributed by atoms with E-state index in [1.54, 1.807) is 31.6 Å². The molecule has 1 aromatic carbocycles. The van der Waals surface area contributed by atoms with Crippen molar-refractivity contribution in [3.05, 3.63) is 54.4 Å². The molecule has 0 bridgehead atoms. The molecule has 2 saturated heterocycles. The first-order valence-corrected chi connectivity index (χ1v) is 12.9. The van der Waals surface area contributed by atoms with Crippen LogP contribution in [0.4, 0.5) is 0 Å². The summed E-state index contributed by atoms with van der Waals surface area (Å²) in [5, 5.41) is 0. The summed E-state index contributed by atoms with van der Waals surface area (Å²) in [6, 6.07) is 10.9. The zero-order chi connectivity index (χ0) is 25.1. The Hall–Kier alpha value is -3.42. The van der Waals surface area contributed by atoms with E-state index < -0.39 is 5.41 Å². The molecule has 8 nitrogen and oxygen atoms in total. The topological polar surface area (TPSA) is 89.0 Å². The highest BCUT2D eigenvalue weighted by Gasteiger charge is 2.56. The molecule has 1 aliphatic carbocycles. The summed E-state index contributed by atoms with van der Waals surface area (Å²) in [7, 11) is 1.59. The number of ether oxygens (including phenoxy) is 2. The molecule has 0 radical (unpaired) electrons. The first kappa shape index (κ1) is 24.3. The number of hydrogen-bond acceptors (Lipinski definition) is 6. The van der Waals surface area contributed by atoms with Crippen LogP contribution in [0.25, 0.3) is 0 Å². The van der Waals surface area contributed by atoms with Gasteiger partial charge in [0.1, 0.15) is 17.6 Å². The summed E-state index contributed by atoms with van der Waals surface area (Å²) in [6.07, 6.45) is 8.56. The van der Waals surface area contributed by atoms with Crippen LogP contribution in [0.3, 0.4) is 0 Å². The fourth-order valence-electron chi connectivity index (χ4n) is 5.87. The Morgan fingerprint density at radius 1 is 1.03 bits per heavy atom. The molecule has 3 fully saturated rings. The summed E-state index contributed by atoms with van der Waals surface area (Å²) in [6.45, 7) is 1.11. The van der Waals surface area contributed by atoms with Gasteiger partial charge >= 0.3 is 0 Å². The van der Waals surface area contributed by atoms with Gasteiger partial charge in [-0.05, 0) is 42.7 Å². The van der Waals surface area contributed by atoms with E-state index >= 15 is 0 Å². The highest BCUT2D eigenvalue weighted by molar-refractivity contribution is 6.11. The molecule has 190 valence electrons. The Balaban J connectivity index is 1.33. The van der Waals surface area contributed by atoms with Crippen molar-refractivity contribution in [2.75, 3.05) is 20.2 Å². The predicted octanol–water partition coefficient (Wildman–Crippen LogP) is 3.49. The molecule has 2 aliphatic heterocycles. The van der Waals surface area contributed by atoms with E-state index in [9.17, 15) is 14.4 Å². The number of pyridine rings is 1. The second-order valence-electron chi connectivity index (χ2n) is 10.1. The average Bonchev–Trinajstić information content (AvgIpc) is 3.51. The molecule has 0 unspecified atom stereocenters. The van der Waals surface area contributed by atoms with Crippen LogP contribution in [0, 0.1) is 0 Å². The van der Waals surface area contributed by atoms with Crippen molar-refractivity contribution < 1.29 is 23.9 Å². The van der Waals surface area contributed by atoms with Gasteiger partial charge in [-0.15, -0.1) is 0 Å². The van der Waals surface area contributed by atoms with Crippen LogP contribution >= 0.6 is 0 Å². The predicted molar refractivity (Wildman–Crippen MR) is 132 cm³/mol. The van der Waals surface area contributed by atoms with Crippen LogP contribution in [0.2, 0.25) is 0 Å². The summed E-state index contributed by atoms with van der Waals surface area (Å²) < 4.78 is 11.3. The van der Waals surface area contributed by atoms with E-state index in [4.69, 9.17) is 9.47 Å². The van der Waals surface area contributed by atoms with Crippen molar-refractivity contribution in [2.45, 2.75) is 68.9 Å². The van der Waals surface area contributed by atoms with Gasteiger partial charge in [0.15, 0.2) is 0 Å². The van der Waals surface area contributed by atoms with Crippen molar-refractivity contribution in [1.29, 1.82) is 0 Å². The van der Waals surface area contributed by atoms with Gasteiger partial charge in [-0.2, -0.15) is 0 Å². The molecule has 0 spiro atoms. The van der Waals surface area contributed by atoms with E-state index in [2.05, 4.69) is 4.98 Å². The molecule has 5 rings (SSSR count). The maximum Gasteiger partial charge on any atom is 0.241 e. The number of rotatable bonds is 7. The minimum atomic E-state index is -1.17. The third kappa shape index (κ3) is 4.68. The number of methoxy groups -OCH3 is 1. The Bertz CT molecular complexity index is 1090. The van der Waals surface area contributed by atoms with Gasteiger partial charge < -0.3 is 14.4 Å². The van der Waals surface area contributed by atoms with E-state index in [0.717, 1.165) is 31.4 Å². The summed E-state index contributed by atoms with van der Waals surface area (Å²) >= 11 is 0. The van der Waals surface area contributed by atoms with Gasteiger partial charge in [-0.1, -0.05) is 25.0 Å². The van der Waals surface area contributed by atoms with Gasteiger partial charge in [0.25, 0.3) is 0 Å². The average molecular weight is 492 g/mol. The van der Waals surface area contributed by atoms with E-state index in [1.807, 2.05) is 29.2 Å². The molecule has 3 heterocycles. The third-order valence-corrected chi connectivity index (χ3v) is 7.87. The molecular formula is C28H33N3O5. The smallest absolute Gasteiger partial charge is 0.241 e. The molecule has 8 heteroatoms. The first-order valence-electron chi connectivity index (χ1n) is 12.9. The Morgan fingerprint density at radius 3 is 2.39 bits per heavy atom. The van der Waals surface area contributed by atoms with Crippen LogP contribution in [-0.4, -0.2) is 64.9 Å². The van der Waals surface area contributed by atoms with Gasteiger partial charge in [-0.3, -0.25) is 24.3 Å². The first-order chi connectivity index (χ1) is 17.5. The fraction of sp³-hybridized carbons (Fsp3) is 0.500. The van der Waals surface area contributed by atoms with Crippen molar-refractivity contribution in [1.82, 2.24) is 14.8 Å². The normalized spacial score (nSPS) is 23.4. The third-order valence-electron chi connectivity index (χ3n) is 7.87. The number of aromatic nitrogens is 1. The quantitative estimate of drug-likeness (QED) is 0.551. The highest BCUT2D eigenvalue weighted by Crippen LogP contribution is 2.43. The maximum atomic E-state index is 13.9. The second kappa shape index (κ2) is 10.3. The SMILES string of the molecule is COc1ccc([C@]2(CC(=O)N3CCC(Oc4cccnc4)CC3)CC(=O)N(C3CCCC3)C2=O)cc1. The number of carbonyl (C=O) groups is 3. The lowest BCUT2D eigenvalue weighted by Crippen LogP contribution is -2.47. The van der Waals surface area contributed by atoms with Crippen LogP contribution < -0.4 is 9.47 Å². The summed E-state index contributed by atoms with van der Waals surface area (Å²) in [4.78, 5) is 48.1. The minimum Gasteiger partial charge on any atom is -0.497 e. The Kier molecular flexibility index (Phi) is 6.94. The maximum absolute atomic E-state index is 13.9. The number of piperidine rings is 1. The van der Waals surface area contributed by atoms with E-state index in [1.165, 1.54) is 4.90 Å². The number of amides is 3. The molecule has 1 saturated carbocycles. The number of imide groups is 1. The van der Waals surface area contributed by atoms with Gasteiger partial charge in [0.05, 0.1) is 18.7 Å². The number of nitrogens with zero attached hydrogens (tertiary/aromatic N) is 3. The molecule has 3 amide bonds. The molecule has 1 aromatic heterocycles.